The number of ether oxygens (including phenoxy) is 1. The summed E-state index contributed by atoms with van der Waals surface area (Å²) in [6, 6.07) is 5.49. The molecule has 0 spiro atoms. The highest BCUT2D eigenvalue weighted by Gasteiger charge is 2.18. The number of hydrogen-bond donors (Lipinski definition) is 3. The number of imidazole rings is 1. The number of amides is 1. The summed E-state index contributed by atoms with van der Waals surface area (Å²) in [6.07, 6.45) is 0.462. The van der Waals surface area contributed by atoms with Gasteiger partial charge in [0.2, 0.25) is 0 Å². The molecule has 0 fully saturated rings. The smallest absolute Gasteiger partial charge is 0.262 e. The van der Waals surface area contributed by atoms with Crippen LogP contribution >= 0.6 is 15.9 Å². The van der Waals surface area contributed by atoms with E-state index in [1.807, 2.05) is 12.1 Å². The second-order valence-corrected chi connectivity index (χ2v) is 5.16. The van der Waals surface area contributed by atoms with Crippen molar-refractivity contribution in [2.75, 3.05) is 18.5 Å². The maximum absolute atomic E-state index is 11.3. The second-order valence-electron chi connectivity index (χ2n) is 4.37. The molecule has 1 aromatic heterocycles. The van der Waals surface area contributed by atoms with Crippen molar-refractivity contribution in [3.8, 4) is 17.0 Å². The molecule has 0 radical (unpaired) electrons. The summed E-state index contributed by atoms with van der Waals surface area (Å²) >= 11 is 3.41. The van der Waals surface area contributed by atoms with Gasteiger partial charge in [0.15, 0.2) is 6.61 Å². The van der Waals surface area contributed by atoms with Crippen LogP contribution < -0.4 is 10.1 Å². The Bertz CT molecular complexity index is 669. The van der Waals surface area contributed by atoms with Crippen LogP contribution in [0.5, 0.6) is 5.75 Å². The zero-order chi connectivity index (χ0) is 14.1. The molecule has 0 aliphatic carbocycles. The van der Waals surface area contributed by atoms with Crippen LogP contribution in [0, 0.1) is 0 Å². The van der Waals surface area contributed by atoms with E-state index in [2.05, 4.69) is 31.2 Å². The van der Waals surface area contributed by atoms with Crippen molar-refractivity contribution in [1.82, 2.24) is 9.97 Å². The predicted molar refractivity (Wildman–Crippen MR) is 76.6 cm³/mol. The number of anilines is 1. The standard InChI is InChI=1S/C13H12BrN3O3/c14-13-12(16-10(17-13)3-4-18)7-1-2-9-8(5-7)15-11(19)6-20-9/h1-2,5,18H,3-4,6H2,(H,15,19)(H,16,17). The number of carbonyl (C=O) groups excluding carboxylic acids is 1. The molecule has 3 rings (SSSR count). The van der Waals surface area contributed by atoms with Gasteiger partial charge >= 0.3 is 0 Å². The van der Waals surface area contributed by atoms with E-state index in [4.69, 9.17) is 9.84 Å². The lowest BCUT2D eigenvalue weighted by atomic mass is 10.1. The first-order chi connectivity index (χ1) is 9.67. The zero-order valence-corrected chi connectivity index (χ0v) is 12.0. The number of aliphatic hydroxyl groups excluding tert-OH is 1. The van der Waals surface area contributed by atoms with Crippen LogP contribution in [0.4, 0.5) is 5.69 Å². The van der Waals surface area contributed by atoms with E-state index in [1.54, 1.807) is 6.07 Å². The summed E-state index contributed by atoms with van der Waals surface area (Å²) in [6.45, 7) is 0.0760. The molecule has 1 aliphatic rings. The number of nitrogens with zero attached hydrogens (tertiary/aromatic N) is 1. The Kier molecular flexibility index (Phi) is 3.45. The molecule has 1 aliphatic heterocycles. The van der Waals surface area contributed by atoms with Gasteiger partial charge in [-0.2, -0.15) is 0 Å². The first-order valence-electron chi connectivity index (χ1n) is 6.09. The molecular formula is C13H12BrN3O3. The number of rotatable bonds is 3. The van der Waals surface area contributed by atoms with Crippen LogP contribution in [0.1, 0.15) is 5.82 Å². The highest BCUT2D eigenvalue weighted by molar-refractivity contribution is 9.10. The molecule has 7 heteroatoms. The van der Waals surface area contributed by atoms with Gasteiger partial charge < -0.3 is 20.1 Å². The molecular weight excluding hydrogens is 326 g/mol. The Morgan fingerprint density at radius 2 is 2.30 bits per heavy atom. The summed E-state index contributed by atoms with van der Waals surface area (Å²) in [4.78, 5) is 18.8. The molecule has 0 saturated heterocycles. The summed E-state index contributed by atoms with van der Waals surface area (Å²) in [7, 11) is 0. The third-order valence-electron chi connectivity index (χ3n) is 2.94. The van der Waals surface area contributed by atoms with Gasteiger partial charge in [-0.15, -0.1) is 0 Å². The van der Waals surface area contributed by atoms with Crippen molar-refractivity contribution >= 4 is 27.5 Å². The van der Waals surface area contributed by atoms with E-state index in [0.29, 0.717) is 23.7 Å². The summed E-state index contributed by atoms with van der Waals surface area (Å²) in [5, 5.41) is 11.7. The average molecular weight is 338 g/mol. The maximum Gasteiger partial charge on any atom is 0.262 e. The fraction of sp³-hybridized carbons (Fsp3) is 0.231. The fourth-order valence-corrected chi connectivity index (χ4v) is 2.59. The van der Waals surface area contributed by atoms with Crippen molar-refractivity contribution in [2.45, 2.75) is 6.42 Å². The highest BCUT2D eigenvalue weighted by Crippen LogP contribution is 2.34. The Labute approximate surface area is 123 Å². The minimum Gasteiger partial charge on any atom is -0.482 e. The van der Waals surface area contributed by atoms with E-state index in [9.17, 15) is 4.79 Å². The van der Waals surface area contributed by atoms with Crippen molar-refractivity contribution in [3.63, 3.8) is 0 Å². The first-order valence-corrected chi connectivity index (χ1v) is 6.89. The number of benzene rings is 1. The van der Waals surface area contributed by atoms with E-state index in [1.165, 1.54) is 0 Å². The fourth-order valence-electron chi connectivity index (χ4n) is 2.04. The van der Waals surface area contributed by atoms with Crippen LogP contribution in [0.2, 0.25) is 0 Å². The van der Waals surface area contributed by atoms with Crippen LogP contribution in [-0.4, -0.2) is 34.2 Å². The van der Waals surface area contributed by atoms with Crippen molar-refractivity contribution in [3.05, 3.63) is 28.6 Å². The van der Waals surface area contributed by atoms with Gasteiger partial charge in [-0.05, 0) is 34.1 Å². The van der Waals surface area contributed by atoms with Gasteiger partial charge in [0, 0.05) is 12.0 Å². The molecule has 2 heterocycles. The first kappa shape index (κ1) is 13.1. The van der Waals surface area contributed by atoms with E-state index in [0.717, 1.165) is 15.9 Å². The van der Waals surface area contributed by atoms with Crippen LogP contribution in [0.15, 0.2) is 22.8 Å². The van der Waals surface area contributed by atoms with Gasteiger partial charge in [-0.1, -0.05) is 0 Å². The molecule has 0 saturated carbocycles. The topological polar surface area (TPSA) is 87.2 Å². The number of halogens is 1. The molecule has 20 heavy (non-hydrogen) atoms. The third-order valence-corrected chi connectivity index (χ3v) is 3.52. The molecule has 104 valence electrons. The third kappa shape index (κ3) is 2.41. The molecule has 1 aromatic carbocycles. The van der Waals surface area contributed by atoms with E-state index < -0.39 is 0 Å². The molecule has 6 nitrogen and oxygen atoms in total. The number of H-pyrrole nitrogens is 1. The zero-order valence-electron chi connectivity index (χ0n) is 10.4. The lowest BCUT2D eigenvalue weighted by Crippen LogP contribution is -2.25. The minimum absolute atomic E-state index is 0.0352. The van der Waals surface area contributed by atoms with Crippen molar-refractivity contribution in [2.24, 2.45) is 0 Å². The molecule has 1 amide bonds. The van der Waals surface area contributed by atoms with Crippen molar-refractivity contribution < 1.29 is 14.6 Å². The Morgan fingerprint density at radius 1 is 1.45 bits per heavy atom. The summed E-state index contributed by atoms with van der Waals surface area (Å²) in [5.41, 5.74) is 2.22. The highest BCUT2D eigenvalue weighted by atomic mass is 79.9. The Morgan fingerprint density at radius 3 is 3.10 bits per heavy atom. The van der Waals surface area contributed by atoms with Gasteiger partial charge in [0.25, 0.3) is 5.91 Å². The summed E-state index contributed by atoms with van der Waals surface area (Å²) in [5.74, 6) is 1.18. The normalized spacial score (nSPS) is 13.6. The molecule has 0 bridgehead atoms. The number of aromatic amines is 1. The van der Waals surface area contributed by atoms with Crippen molar-refractivity contribution in [1.29, 1.82) is 0 Å². The lowest BCUT2D eigenvalue weighted by molar-refractivity contribution is -0.118. The minimum atomic E-state index is -0.170. The van der Waals surface area contributed by atoms with Crippen LogP contribution in [-0.2, 0) is 11.2 Å². The number of fused-ring (bicyclic) bond motifs is 1. The maximum atomic E-state index is 11.3. The monoisotopic (exact) mass is 337 g/mol. The number of aliphatic hydroxyl groups is 1. The van der Waals surface area contributed by atoms with E-state index in [-0.39, 0.29) is 19.1 Å². The number of nitrogens with one attached hydrogen (secondary N) is 2. The number of carbonyl (C=O) groups is 1. The molecule has 3 N–H and O–H groups in total. The van der Waals surface area contributed by atoms with Gasteiger partial charge in [0.05, 0.1) is 12.3 Å². The quantitative estimate of drug-likeness (QED) is 0.795. The lowest BCUT2D eigenvalue weighted by Gasteiger charge is -2.18. The number of hydrogen-bond acceptors (Lipinski definition) is 4. The average Bonchev–Trinajstić information content (AvgIpc) is 2.79. The van der Waals surface area contributed by atoms with E-state index >= 15 is 0 Å². The summed E-state index contributed by atoms with van der Waals surface area (Å²) < 4.78 is 6.06. The van der Waals surface area contributed by atoms with Gasteiger partial charge in [-0.25, -0.2) is 4.98 Å². The largest absolute Gasteiger partial charge is 0.482 e. The Hall–Kier alpha value is -1.86. The van der Waals surface area contributed by atoms with Crippen LogP contribution in [0.3, 0.4) is 0 Å². The van der Waals surface area contributed by atoms with Gasteiger partial charge in [-0.3, -0.25) is 4.79 Å². The van der Waals surface area contributed by atoms with Gasteiger partial charge in [0.1, 0.15) is 21.9 Å². The van der Waals surface area contributed by atoms with Crippen LogP contribution in [0.25, 0.3) is 11.3 Å². The number of aromatic nitrogens is 2. The molecule has 2 aromatic rings. The predicted octanol–water partition coefficient (Wildman–Crippen LogP) is 1.70. The SMILES string of the molecule is O=C1COc2ccc(-c3nc(CCO)[nH]c3Br)cc2N1. The Balaban J connectivity index is 1.98. The molecule has 0 unspecified atom stereocenters. The second kappa shape index (κ2) is 5.26. The molecule has 0 atom stereocenters.